The van der Waals surface area contributed by atoms with E-state index in [2.05, 4.69) is 5.32 Å². The SMILES string of the molecule is CN(CC(=O)CC#N)c1ccc2c(c1)NC(=O)CO2. The topological polar surface area (TPSA) is 82.4 Å². The van der Waals surface area contributed by atoms with Gasteiger partial charge in [-0.1, -0.05) is 0 Å². The fourth-order valence-corrected chi connectivity index (χ4v) is 1.81. The van der Waals surface area contributed by atoms with Crippen molar-refractivity contribution >= 4 is 23.1 Å². The van der Waals surface area contributed by atoms with Crippen LogP contribution in [0.2, 0.25) is 0 Å². The summed E-state index contributed by atoms with van der Waals surface area (Å²) in [6.45, 7) is 0.171. The minimum absolute atomic E-state index is 0.0167. The summed E-state index contributed by atoms with van der Waals surface area (Å²) < 4.78 is 5.25. The number of nitriles is 1. The van der Waals surface area contributed by atoms with Gasteiger partial charge in [0.2, 0.25) is 0 Å². The molecule has 19 heavy (non-hydrogen) atoms. The number of rotatable bonds is 4. The molecule has 0 bridgehead atoms. The van der Waals surface area contributed by atoms with E-state index in [9.17, 15) is 9.59 Å². The molecule has 1 amide bonds. The van der Waals surface area contributed by atoms with Gasteiger partial charge in [0.25, 0.3) is 5.91 Å². The molecule has 0 radical (unpaired) electrons. The standard InChI is InChI=1S/C13H13N3O3/c1-16(7-10(17)4-5-14)9-2-3-12-11(6-9)15-13(18)8-19-12/h2-3,6H,4,7-8H2,1H3,(H,15,18). The number of amides is 1. The molecule has 1 aromatic carbocycles. The summed E-state index contributed by atoms with van der Waals surface area (Å²) in [7, 11) is 1.75. The van der Waals surface area contributed by atoms with Gasteiger partial charge in [-0.25, -0.2) is 0 Å². The third-order valence-corrected chi connectivity index (χ3v) is 2.73. The van der Waals surface area contributed by atoms with E-state index in [1.165, 1.54) is 0 Å². The number of carbonyl (C=O) groups is 2. The molecule has 0 aromatic heterocycles. The van der Waals surface area contributed by atoms with E-state index in [4.69, 9.17) is 10.00 Å². The van der Waals surface area contributed by atoms with Gasteiger partial charge in [-0.2, -0.15) is 5.26 Å². The van der Waals surface area contributed by atoms with Gasteiger partial charge in [-0.3, -0.25) is 9.59 Å². The Hall–Kier alpha value is -2.55. The Morgan fingerprint density at radius 3 is 3.11 bits per heavy atom. The van der Waals surface area contributed by atoms with E-state index in [0.717, 1.165) is 5.69 Å². The quantitative estimate of drug-likeness (QED) is 0.870. The van der Waals surface area contributed by atoms with Gasteiger partial charge in [0, 0.05) is 12.7 Å². The van der Waals surface area contributed by atoms with Crippen molar-refractivity contribution in [3.05, 3.63) is 18.2 Å². The highest BCUT2D eigenvalue weighted by atomic mass is 16.5. The van der Waals surface area contributed by atoms with Gasteiger partial charge in [-0.15, -0.1) is 0 Å². The van der Waals surface area contributed by atoms with Crippen molar-refractivity contribution in [2.45, 2.75) is 6.42 Å². The van der Waals surface area contributed by atoms with Gasteiger partial charge < -0.3 is 15.0 Å². The van der Waals surface area contributed by atoms with Gasteiger partial charge in [0.05, 0.1) is 24.7 Å². The van der Waals surface area contributed by atoms with Crippen molar-refractivity contribution in [1.82, 2.24) is 0 Å². The Labute approximate surface area is 110 Å². The van der Waals surface area contributed by atoms with E-state index < -0.39 is 0 Å². The maximum atomic E-state index is 11.4. The lowest BCUT2D eigenvalue weighted by Crippen LogP contribution is -2.27. The maximum Gasteiger partial charge on any atom is 0.262 e. The summed E-state index contributed by atoms with van der Waals surface area (Å²) in [5.74, 6) is 0.260. The van der Waals surface area contributed by atoms with Crippen LogP contribution < -0.4 is 15.0 Å². The lowest BCUT2D eigenvalue weighted by Gasteiger charge is -2.22. The molecule has 1 heterocycles. The molecule has 0 saturated carbocycles. The van der Waals surface area contributed by atoms with Gasteiger partial charge in [-0.05, 0) is 18.2 Å². The molecule has 0 spiro atoms. The first kappa shape index (κ1) is 12.9. The van der Waals surface area contributed by atoms with Crippen LogP contribution in [0.3, 0.4) is 0 Å². The molecular formula is C13H13N3O3. The Morgan fingerprint density at radius 2 is 2.37 bits per heavy atom. The van der Waals surface area contributed by atoms with Crippen LogP contribution in [0.15, 0.2) is 18.2 Å². The Balaban J connectivity index is 2.13. The lowest BCUT2D eigenvalue weighted by molar-refractivity contribution is -0.119. The fourth-order valence-electron chi connectivity index (χ4n) is 1.81. The van der Waals surface area contributed by atoms with Crippen molar-refractivity contribution in [3.8, 4) is 11.8 Å². The molecule has 6 heteroatoms. The number of fused-ring (bicyclic) bond motifs is 1. The number of hydrogen-bond donors (Lipinski definition) is 1. The minimum Gasteiger partial charge on any atom is -0.482 e. The van der Waals surface area contributed by atoms with Crippen LogP contribution in [-0.2, 0) is 9.59 Å². The van der Waals surface area contributed by atoms with Gasteiger partial charge >= 0.3 is 0 Å². The third kappa shape index (κ3) is 3.01. The van der Waals surface area contributed by atoms with Crippen molar-refractivity contribution in [2.24, 2.45) is 0 Å². The number of anilines is 2. The van der Waals surface area contributed by atoms with Crippen molar-refractivity contribution in [2.75, 3.05) is 30.4 Å². The second-order valence-corrected chi connectivity index (χ2v) is 4.25. The number of benzene rings is 1. The summed E-state index contributed by atoms with van der Waals surface area (Å²) in [5.41, 5.74) is 1.36. The molecule has 0 fully saturated rings. The molecule has 0 atom stereocenters. The molecule has 2 rings (SSSR count). The third-order valence-electron chi connectivity index (χ3n) is 2.73. The average molecular weight is 259 g/mol. The molecule has 0 unspecified atom stereocenters. The minimum atomic E-state index is -0.201. The summed E-state index contributed by atoms with van der Waals surface area (Å²) in [5, 5.41) is 11.2. The van der Waals surface area contributed by atoms with Crippen LogP contribution in [0.4, 0.5) is 11.4 Å². The number of ketones is 1. The van der Waals surface area contributed by atoms with Crippen molar-refractivity contribution < 1.29 is 14.3 Å². The van der Waals surface area contributed by atoms with Crippen molar-refractivity contribution in [1.29, 1.82) is 5.26 Å². The van der Waals surface area contributed by atoms with E-state index in [1.54, 1.807) is 30.1 Å². The Kier molecular flexibility index (Phi) is 3.66. The maximum absolute atomic E-state index is 11.4. The molecule has 1 aliphatic rings. The molecule has 1 aromatic rings. The first-order valence-electron chi connectivity index (χ1n) is 5.76. The zero-order chi connectivity index (χ0) is 13.8. The Bertz CT molecular complexity index is 563. The highest BCUT2D eigenvalue weighted by molar-refractivity contribution is 5.96. The molecule has 1 N–H and O–H groups in total. The van der Waals surface area contributed by atoms with Crippen LogP contribution in [-0.4, -0.2) is 31.9 Å². The van der Waals surface area contributed by atoms with Crippen molar-refractivity contribution in [3.63, 3.8) is 0 Å². The largest absolute Gasteiger partial charge is 0.482 e. The zero-order valence-corrected chi connectivity index (χ0v) is 10.5. The molecule has 0 saturated heterocycles. The van der Waals surface area contributed by atoms with Crippen LogP contribution in [0.1, 0.15) is 6.42 Å². The van der Waals surface area contributed by atoms with Gasteiger partial charge in [0.15, 0.2) is 12.4 Å². The molecule has 98 valence electrons. The second kappa shape index (κ2) is 5.40. The lowest BCUT2D eigenvalue weighted by atomic mass is 10.2. The van der Waals surface area contributed by atoms with Crippen LogP contribution >= 0.6 is 0 Å². The van der Waals surface area contributed by atoms with E-state index in [-0.39, 0.29) is 31.3 Å². The molecule has 1 aliphatic heterocycles. The summed E-state index contributed by atoms with van der Waals surface area (Å²) in [6, 6.07) is 7.12. The summed E-state index contributed by atoms with van der Waals surface area (Å²) in [4.78, 5) is 24.4. The molecular weight excluding hydrogens is 246 g/mol. The number of hydrogen-bond acceptors (Lipinski definition) is 5. The van der Waals surface area contributed by atoms with Crippen LogP contribution in [0, 0.1) is 11.3 Å². The van der Waals surface area contributed by atoms with E-state index in [1.807, 2.05) is 6.07 Å². The first-order chi connectivity index (χ1) is 9.10. The molecule has 0 aliphatic carbocycles. The van der Waals surface area contributed by atoms with E-state index >= 15 is 0 Å². The average Bonchev–Trinajstić information content (AvgIpc) is 2.38. The number of ether oxygens (including phenoxy) is 1. The monoisotopic (exact) mass is 259 g/mol. The van der Waals surface area contributed by atoms with Crippen LogP contribution in [0.5, 0.6) is 5.75 Å². The Morgan fingerprint density at radius 1 is 1.58 bits per heavy atom. The van der Waals surface area contributed by atoms with E-state index in [0.29, 0.717) is 11.4 Å². The predicted octanol–water partition coefficient (Wildman–Crippen LogP) is 0.936. The number of carbonyl (C=O) groups excluding carboxylic acids is 2. The highest BCUT2D eigenvalue weighted by Crippen LogP contribution is 2.31. The number of nitrogens with one attached hydrogen (secondary N) is 1. The second-order valence-electron chi connectivity index (χ2n) is 4.25. The number of Topliss-reactive ketones (excluding diaryl/α,β-unsaturated/α-hetero) is 1. The first-order valence-corrected chi connectivity index (χ1v) is 5.76. The number of nitrogens with zero attached hydrogens (tertiary/aromatic N) is 2. The smallest absolute Gasteiger partial charge is 0.262 e. The fraction of sp³-hybridized carbons (Fsp3) is 0.308. The van der Waals surface area contributed by atoms with Gasteiger partial charge in [0.1, 0.15) is 5.75 Å². The normalized spacial score (nSPS) is 12.7. The predicted molar refractivity (Wildman–Crippen MR) is 69.1 cm³/mol. The summed E-state index contributed by atoms with van der Waals surface area (Å²) in [6.07, 6.45) is -0.102. The van der Waals surface area contributed by atoms with Crippen LogP contribution in [0.25, 0.3) is 0 Å². The summed E-state index contributed by atoms with van der Waals surface area (Å²) >= 11 is 0. The zero-order valence-electron chi connectivity index (χ0n) is 10.5. The number of likely N-dealkylation sites (N-methyl/N-ethyl adjacent to an activating group) is 1. The molecule has 6 nitrogen and oxygen atoms in total. The highest BCUT2D eigenvalue weighted by Gasteiger charge is 2.17.